The van der Waals surface area contributed by atoms with Crippen molar-refractivity contribution in [1.29, 1.82) is 0 Å². The Labute approximate surface area is 33.6 Å². The smallest absolute Gasteiger partial charge is 0.00204 e. The molecule has 0 radical (unpaired) electrons. The van der Waals surface area contributed by atoms with Gasteiger partial charge in [-0.1, -0.05) is 9.64 Å². The number of hydrogen-bond acceptors (Lipinski definition) is 3. The summed E-state index contributed by atoms with van der Waals surface area (Å²) in [4.78, 5) is 0. The van der Waals surface area contributed by atoms with E-state index >= 15 is 0 Å². The summed E-state index contributed by atoms with van der Waals surface area (Å²) in [6.45, 7) is 0. The first kappa shape index (κ1) is 5.13. The molecule has 0 saturated carbocycles. The normalized spacial score (nSPS) is 8.40. The largest absolute Gasteiger partial charge is 0.457 e. The standard InChI is InChI=1S/HO3S2/c1-4-5(2)3/h(H,2,3)/q-1. The van der Waals surface area contributed by atoms with Crippen LogP contribution in [0, 0.1) is 0 Å². The van der Waals surface area contributed by atoms with E-state index in [0.29, 0.717) is 0 Å². The van der Waals surface area contributed by atoms with Crippen LogP contribution in [0.5, 0.6) is 0 Å². The number of rotatable bonds is 0. The lowest BCUT2D eigenvalue weighted by molar-refractivity contribution is 0.535. The predicted octanol–water partition coefficient (Wildman–Crippen LogP) is -0.449. The van der Waals surface area contributed by atoms with Gasteiger partial charge in [-0.05, 0) is 10.2 Å². The van der Waals surface area contributed by atoms with Crippen molar-refractivity contribution < 1.29 is 13.0 Å². The average Bonchev–Trinajstić information content (AvgIpc) is 1.38. The van der Waals surface area contributed by atoms with Gasteiger partial charge in [0.2, 0.25) is 0 Å². The highest BCUT2D eigenvalue weighted by molar-refractivity contribution is 8.21. The zero-order valence-corrected chi connectivity index (χ0v) is 3.71. The van der Waals surface area contributed by atoms with Crippen molar-refractivity contribution >= 4 is 19.9 Å². The van der Waals surface area contributed by atoms with Gasteiger partial charge < -0.3 is 8.76 Å². The van der Waals surface area contributed by atoms with Gasteiger partial charge >= 0.3 is 0 Å². The highest BCUT2D eigenvalue weighted by atomic mass is 32.8. The van der Waals surface area contributed by atoms with Crippen LogP contribution < -0.4 is 0 Å². The summed E-state index contributed by atoms with van der Waals surface area (Å²) in [6, 6.07) is 0. The molecule has 0 aromatic rings. The summed E-state index contributed by atoms with van der Waals surface area (Å²) >= 11 is 0. The molecule has 0 aromatic heterocycles. The number of hydrogen-bond donors (Lipinski definition) is 1. The van der Waals surface area contributed by atoms with E-state index < -0.39 is 9.64 Å². The summed E-state index contributed by atoms with van der Waals surface area (Å²) in [6.07, 6.45) is 0. The van der Waals surface area contributed by atoms with Crippen molar-refractivity contribution in [3.05, 3.63) is 0 Å². The fraction of sp³-hybridized carbons (Fsp3) is 0. The monoisotopic (exact) mass is 113 g/mol. The van der Waals surface area contributed by atoms with Gasteiger partial charge in [-0.15, -0.1) is 0 Å². The van der Waals surface area contributed by atoms with Crippen molar-refractivity contribution in [1.82, 2.24) is 0 Å². The fourth-order valence-electron chi connectivity index (χ4n) is 0. The van der Waals surface area contributed by atoms with E-state index in [0.717, 1.165) is 0 Å². The molecule has 0 aliphatic rings. The van der Waals surface area contributed by atoms with E-state index in [1.54, 1.807) is 0 Å². The molecule has 0 aliphatic carbocycles. The van der Waals surface area contributed by atoms with Crippen LogP contribution in [0.25, 0.3) is 0 Å². The maximum absolute atomic E-state index is 9.13. The van der Waals surface area contributed by atoms with Crippen molar-refractivity contribution in [2.75, 3.05) is 0 Å². The summed E-state index contributed by atoms with van der Waals surface area (Å²) in [5.41, 5.74) is 0. The van der Waals surface area contributed by atoms with Gasteiger partial charge in [-0.3, -0.25) is 0 Å². The third-order valence-corrected chi connectivity index (χ3v) is 0.524. The Morgan fingerprint density at radius 1 is 1.80 bits per heavy atom. The Morgan fingerprint density at radius 3 is 2.00 bits per heavy atom. The Balaban J connectivity index is 4.22. The molecule has 0 atom stereocenters. The molecule has 32 valence electrons. The summed E-state index contributed by atoms with van der Waals surface area (Å²) in [7, 11) is -2.55. The van der Waals surface area contributed by atoms with Gasteiger partial charge in [0.25, 0.3) is 0 Å². The molecular weight excluding hydrogens is 112 g/mol. The minimum Gasteiger partial charge on any atom is -0.457 e. The van der Waals surface area contributed by atoms with Crippen LogP contribution >= 0.6 is 0 Å². The zero-order valence-electron chi connectivity index (χ0n) is 2.08. The van der Waals surface area contributed by atoms with Gasteiger partial charge in [-0.25, -0.2) is 4.21 Å². The average molecular weight is 113 g/mol. The molecule has 0 spiro atoms. The molecule has 0 unspecified atom stereocenters. The molecule has 0 saturated heterocycles. The fourth-order valence-corrected chi connectivity index (χ4v) is 0. The van der Waals surface area contributed by atoms with Gasteiger partial charge in [0, 0.05) is 0 Å². The lowest BCUT2D eigenvalue weighted by atomic mass is 15.9. The molecule has 1 N–H and O–H groups in total. The van der Waals surface area contributed by atoms with Crippen LogP contribution in [0.1, 0.15) is 0 Å². The molecule has 0 heterocycles. The molecule has 0 bridgehead atoms. The second-order valence-electron chi connectivity index (χ2n) is 0.285. The second-order valence-corrected chi connectivity index (χ2v) is 2.12. The molecule has 5 heavy (non-hydrogen) atoms. The molecule has 3 nitrogen and oxygen atoms in total. The van der Waals surface area contributed by atoms with Gasteiger partial charge in [0.15, 0.2) is 0 Å². The Hall–Kier alpha value is 0.130. The van der Waals surface area contributed by atoms with E-state index in [4.69, 9.17) is 13.0 Å². The van der Waals surface area contributed by atoms with Crippen LogP contribution in [0.15, 0.2) is 0 Å². The van der Waals surface area contributed by atoms with Gasteiger partial charge in [0.1, 0.15) is 0 Å². The molecule has 0 aliphatic heterocycles. The van der Waals surface area contributed by atoms with E-state index in [9.17, 15) is 0 Å². The minimum atomic E-state index is -2.21. The lowest BCUT2D eigenvalue weighted by Gasteiger charge is -1.67. The predicted molar refractivity (Wildman–Crippen MR) is 18.8 cm³/mol. The van der Waals surface area contributed by atoms with Crippen LogP contribution in [-0.2, 0) is 24.1 Å². The van der Waals surface area contributed by atoms with E-state index in [1.807, 2.05) is 0 Å². The quantitative estimate of drug-likeness (QED) is 0.342. The van der Waals surface area contributed by atoms with Crippen molar-refractivity contribution in [3.63, 3.8) is 0 Å². The molecule has 5 heteroatoms. The summed E-state index contributed by atoms with van der Waals surface area (Å²) in [5, 5.41) is 0. The maximum Gasteiger partial charge on any atom is -0.00204 e. The zero-order chi connectivity index (χ0) is 4.28. The first-order chi connectivity index (χ1) is 2.27. The molecule has 0 amide bonds. The summed E-state index contributed by atoms with van der Waals surface area (Å²) in [5.74, 6) is 0. The van der Waals surface area contributed by atoms with Crippen LogP contribution in [0.2, 0.25) is 0 Å². The first-order valence-corrected chi connectivity index (χ1v) is 3.05. The van der Waals surface area contributed by atoms with Crippen molar-refractivity contribution in [2.24, 2.45) is 0 Å². The van der Waals surface area contributed by atoms with Gasteiger partial charge in [0.05, 0.1) is 0 Å². The van der Waals surface area contributed by atoms with E-state index in [-0.39, 0.29) is 10.2 Å². The van der Waals surface area contributed by atoms with Crippen LogP contribution in [-0.4, -0.2) is 8.76 Å². The van der Waals surface area contributed by atoms with Crippen LogP contribution in [0.3, 0.4) is 0 Å². The SMILES string of the molecule is O=S=[S-](=O)O. The lowest BCUT2D eigenvalue weighted by Crippen LogP contribution is -1.56. The maximum atomic E-state index is 9.13. The Morgan fingerprint density at radius 2 is 2.00 bits per heavy atom. The third-order valence-electron chi connectivity index (χ3n) is 0.0582. The van der Waals surface area contributed by atoms with Crippen molar-refractivity contribution in [3.8, 4) is 0 Å². The topological polar surface area (TPSA) is 54.4 Å². The van der Waals surface area contributed by atoms with E-state index in [2.05, 4.69) is 0 Å². The summed E-state index contributed by atoms with van der Waals surface area (Å²) < 4.78 is 25.6. The molecule has 0 fully saturated rings. The minimum absolute atomic E-state index is 0.343. The molecule has 0 aromatic carbocycles. The molecule has 0 rings (SSSR count). The van der Waals surface area contributed by atoms with Crippen LogP contribution in [0.4, 0.5) is 0 Å². The third kappa shape index (κ3) is 4.13. The second kappa shape index (κ2) is 2.37. The first-order valence-electron chi connectivity index (χ1n) is 0.683. The highest BCUT2D eigenvalue weighted by Crippen LogP contribution is 1.39. The highest BCUT2D eigenvalue weighted by Gasteiger charge is 1.31. The molecular formula is HO3S2-. The van der Waals surface area contributed by atoms with E-state index in [1.165, 1.54) is 0 Å². The Bertz CT molecular complexity index is 102. The van der Waals surface area contributed by atoms with Gasteiger partial charge in [-0.2, -0.15) is 0 Å². The van der Waals surface area contributed by atoms with Crippen molar-refractivity contribution in [2.45, 2.75) is 0 Å². The Kier molecular flexibility index (Phi) is 2.43.